The summed E-state index contributed by atoms with van der Waals surface area (Å²) in [6, 6.07) is 24.7. The van der Waals surface area contributed by atoms with Crippen molar-refractivity contribution in [3.8, 4) is 0 Å². The summed E-state index contributed by atoms with van der Waals surface area (Å²) in [7, 11) is -1.72. The van der Waals surface area contributed by atoms with Crippen LogP contribution in [0.2, 0.25) is 0 Å². The highest BCUT2D eigenvalue weighted by Crippen LogP contribution is 2.36. The average Bonchev–Trinajstić information content (AvgIpc) is 2.93. The summed E-state index contributed by atoms with van der Waals surface area (Å²) >= 11 is 0. The Hall–Kier alpha value is -3.91. The number of aliphatic carboxylic acids is 1. The van der Waals surface area contributed by atoms with Gasteiger partial charge in [-0.15, -0.1) is 0 Å². The number of piperidine rings is 1. The zero-order valence-electron chi connectivity index (χ0n) is 20.7. The van der Waals surface area contributed by atoms with Crippen LogP contribution in [0.4, 0.5) is 5.69 Å². The second kappa shape index (κ2) is 11.0. The molecule has 0 aromatic heterocycles. The first-order chi connectivity index (χ1) is 17.7. The molecule has 1 aliphatic heterocycles. The van der Waals surface area contributed by atoms with Crippen LogP contribution in [-0.4, -0.2) is 56.2 Å². The number of rotatable bonds is 8. The van der Waals surface area contributed by atoms with Crippen molar-refractivity contribution >= 4 is 27.4 Å². The minimum Gasteiger partial charge on any atom is -0.481 e. The van der Waals surface area contributed by atoms with Crippen LogP contribution in [-0.2, 0) is 20.0 Å². The van der Waals surface area contributed by atoms with Crippen LogP contribution in [0.15, 0.2) is 102 Å². The molecule has 7 nitrogen and oxygen atoms in total. The number of likely N-dealkylation sites (tertiary alicyclic amines) is 1. The van der Waals surface area contributed by atoms with Gasteiger partial charge in [-0.2, -0.15) is 0 Å². The summed E-state index contributed by atoms with van der Waals surface area (Å²) in [5, 5.41) is 9.97. The molecule has 1 saturated heterocycles. The van der Waals surface area contributed by atoms with Crippen molar-refractivity contribution < 1.29 is 23.1 Å². The molecule has 1 heterocycles. The summed E-state index contributed by atoms with van der Waals surface area (Å²) < 4.78 is 25.6. The number of nitrogens with zero attached hydrogens (tertiary/aromatic N) is 2. The number of para-hydroxylation sites is 1. The van der Waals surface area contributed by atoms with Gasteiger partial charge in [0, 0.05) is 37.6 Å². The number of anilines is 1. The lowest BCUT2D eigenvalue weighted by Gasteiger charge is -2.39. The number of hydrogen-bond donors (Lipinski definition) is 1. The Morgan fingerprint density at radius 1 is 0.919 bits per heavy atom. The third kappa shape index (κ3) is 5.75. The number of carbonyl (C=O) groups excluding carboxylic acids is 1. The molecule has 3 aromatic rings. The van der Waals surface area contributed by atoms with E-state index in [0.717, 1.165) is 11.3 Å². The molecule has 3 aromatic carbocycles. The van der Waals surface area contributed by atoms with E-state index in [1.165, 1.54) is 24.3 Å². The van der Waals surface area contributed by atoms with Gasteiger partial charge in [0.25, 0.3) is 5.91 Å². The molecule has 0 atom stereocenters. The highest BCUT2D eigenvalue weighted by molar-refractivity contribution is 7.91. The van der Waals surface area contributed by atoms with Gasteiger partial charge in [-0.3, -0.25) is 9.59 Å². The standard InChI is InChI=1S/C29H30N2O5S/c1-30(25-11-6-3-7-12-25)19-8-22-37(35,36)26-15-13-23(14-16-26)27(32)31-20-17-29(18-21-31,28(33)34)24-9-4-2-5-10-24/h2-16,19H,17-18,20-22H2,1H3,(H,33,34). The zero-order chi connectivity index (χ0) is 26.5. The zero-order valence-corrected chi connectivity index (χ0v) is 21.5. The van der Waals surface area contributed by atoms with Crippen molar-refractivity contribution in [3.05, 3.63) is 108 Å². The van der Waals surface area contributed by atoms with Crippen LogP contribution in [0.25, 0.3) is 0 Å². The molecule has 4 rings (SSSR count). The van der Waals surface area contributed by atoms with E-state index in [9.17, 15) is 23.1 Å². The smallest absolute Gasteiger partial charge is 0.314 e. The minimum atomic E-state index is -3.56. The van der Waals surface area contributed by atoms with Gasteiger partial charge < -0.3 is 14.9 Å². The molecular formula is C29H30N2O5S. The third-order valence-corrected chi connectivity index (χ3v) is 8.53. The number of amides is 1. The van der Waals surface area contributed by atoms with Crippen molar-refractivity contribution in [3.63, 3.8) is 0 Å². The highest BCUT2D eigenvalue weighted by atomic mass is 32.2. The van der Waals surface area contributed by atoms with Crippen LogP contribution in [0.3, 0.4) is 0 Å². The molecule has 192 valence electrons. The van der Waals surface area contributed by atoms with Crippen LogP contribution in [0, 0.1) is 0 Å². The third-order valence-electron chi connectivity index (χ3n) is 6.91. The summed E-state index contributed by atoms with van der Waals surface area (Å²) in [6.07, 6.45) is 3.94. The van der Waals surface area contributed by atoms with Gasteiger partial charge in [0.1, 0.15) is 0 Å². The first-order valence-corrected chi connectivity index (χ1v) is 13.7. The van der Waals surface area contributed by atoms with E-state index in [-0.39, 0.29) is 16.6 Å². The summed E-state index contributed by atoms with van der Waals surface area (Å²) in [5.41, 5.74) is 1.05. The maximum atomic E-state index is 13.1. The Bertz CT molecular complexity index is 1360. The lowest BCUT2D eigenvalue weighted by atomic mass is 9.73. The fourth-order valence-corrected chi connectivity index (χ4v) is 5.72. The van der Waals surface area contributed by atoms with E-state index in [1.807, 2.05) is 72.6 Å². The Morgan fingerprint density at radius 3 is 2.05 bits per heavy atom. The van der Waals surface area contributed by atoms with Crippen molar-refractivity contribution in [1.29, 1.82) is 0 Å². The van der Waals surface area contributed by atoms with Gasteiger partial charge in [-0.1, -0.05) is 54.6 Å². The molecule has 1 fully saturated rings. The van der Waals surface area contributed by atoms with E-state index in [1.54, 1.807) is 17.2 Å². The van der Waals surface area contributed by atoms with E-state index < -0.39 is 21.2 Å². The molecule has 0 spiro atoms. The van der Waals surface area contributed by atoms with E-state index >= 15 is 0 Å². The molecular weight excluding hydrogens is 488 g/mol. The molecule has 1 N–H and O–H groups in total. The number of sulfone groups is 1. The first kappa shape index (κ1) is 26.2. The van der Waals surface area contributed by atoms with Crippen molar-refractivity contribution in [1.82, 2.24) is 4.90 Å². The van der Waals surface area contributed by atoms with Gasteiger partial charge in [-0.05, 0) is 54.8 Å². The van der Waals surface area contributed by atoms with E-state index in [0.29, 0.717) is 31.5 Å². The Morgan fingerprint density at radius 2 is 1.49 bits per heavy atom. The fraction of sp³-hybridized carbons (Fsp3) is 0.241. The largest absolute Gasteiger partial charge is 0.481 e. The van der Waals surface area contributed by atoms with Gasteiger partial charge in [0.05, 0.1) is 16.1 Å². The van der Waals surface area contributed by atoms with E-state index in [2.05, 4.69) is 0 Å². The monoisotopic (exact) mass is 518 g/mol. The van der Waals surface area contributed by atoms with Crippen LogP contribution in [0.5, 0.6) is 0 Å². The minimum absolute atomic E-state index is 0.142. The lowest BCUT2D eigenvalue weighted by Crippen LogP contribution is -2.49. The molecule has 0 aliphatic carbocycles. The van der Waals surface area contributed by atoms with Crippen LogP contribution >= 0.6 is 0 Å². The highest BCUT2D eigenvalue weighted by Gasteiger charge is 2.43. The topological polar surface area (TPSA) is 95.0 Å². The quantitative estimate of drug-likeness (QED) is 0.476. The number of hydrogen-bond acceptors (Lipinski definition) is 5. The normalized spacial score (nSPS) is 15.4. The number of benzene rings is 3. The number of carbonyl (C=O) groups is 2. The number of carboxylic acid groups (broad SMARTS) is 1. The summed E-state index contributed by atoms with van der Waals surface area (Å²) in [6.45, 7) is 0.611. The van der Waals surface area contributed by atoms with Gasteiger partial charge >= 0.3 is 5.97 Å². The van der Waals surface area contributed by atoms with Gasteiger partial charge in [-0.25, -0.2) is 8.42 Å². The van der Waals surface area contributed by atoms with E-state index in [4.69, 9.17) is 0 Å². The van der Waals surface area contributed by atoms with Crippen molar-refractivity contribution in [2.75, 3.05) is 30.8 Å². The van der Waals surface area contributed by atoms with Gasteiger partial charge in [0.15, 0.2) is 9.84 Å². The molecule has 1 amide bonds. The molecule has 0 bridgehead atoms. The summed E-state index contributed by atoms with van der Waals surface area (Å²) in [4.78, 5) is 28.9. The number of carboxylic acids is 1. The Balaban J connectivity index is 1.39. The fourth-order valence-electron chi connectivity index (χ4n) is 4.64. The lowest BCUT2D eigenvalue weighted by molar-refractivity contribution is -0.145. The maximum absolute atomic E-state index is 13.1. The SMILES string of the molecule is CN(C=CCS(=O)(=O)c1ccc(C(=O)N2CCC(C(=O)O)(c3ccccc3)CC2)cc1)c1ccccc1. The second-order valence-electron chi connectivity index (χ2n) is 9.18. The second-order valence-corrected chi connectivity index (χ2v) is 11.2. The average molecular weight is 519 g/mol. The van der Waals surface area contributed by atoms with Gasteiger partial charge in [0.2, 0.25) is 0 Å². The first-order valence-electron chi connectivity index (χ1n) is 12.1. The Kier molecular flexibility index (Phi) is 7.78. The Labute approximate surface area is 217 Å². The molecule has 0 saturated carbocycles. The van der Waals surface area contributed by atoms with Crippen LogP contribution < -0.4 is 4.90 Å². The van der Waals surface area contributed by atoms with Crippen molar-refractivity contribution in [2.45, 2.75) is 23.2 Å². The van der Waals surface area contributed by atoms with Crippen LogP contribution in [0.1, 0.15) is 28.8 Å². The maximum Gasteiger partial charge on any atom is 0.314 e. The molecule has 1 aliphatic rings. The molecule has 8 heteroatoms. The molecule has 0 radical (unpaired) electrons. The summed E-state index contributed by atoms with van der Waals surface area (Å²) in [5.74, 6) is -1.29. The molecule has 0 unspecified atom stereocenters. The predicted molar refractivity (Wildman–Crippen MR) is 143 cm³/mol. The molecule has 37 heavy (non-hydrogen) atoms. The predicted octanol–water partition coefficient (Wildman–Crippen LogP) is 4.37. The van der Waals surface area contributed by atoms with Crippen molar-refractivity contribution in [2.24, 2.45) is 0 Å².